The second kappa shape index (κ2) is 6.47. The van der Waals surface area contributed by atoms with Gasteiger partial charge in [0.15, 0.2) is 0 Å². The lowest BCUT2D eigenvalue weighted by Gasteiger charge is -2.10. The molecule has 1 amide bonds. The van der Waals surface area contributed by atoms with Crippen LogP contribution in [0.5, 0.6) is 0 Å². The van der Waals surface area contributed by atoms with Crippen LogP contribution in [-0.2, 0) is 0 Å². The van der Waals surface area contributed by atoms with Crippen LogP contribution in [0.1, 0.15) is 20.7 Å². The number of amides is 1. The van der Waals surface area contributed by atoms with Gasteiger partial charge in [-0.1, -0.05) is 29.3 Å². The number of hydrogen-bond acceptors (Lipinski definition) is 2. The molecule has 0 fully saturated rings. The molecule has 0 aliphatic heterocycles. The molecule has 0 unspecified atom stereocenters. The number of carboxylic acid groups (broad SMARTS) is 1. The number of benzene rings is 2. The summed E-state index contributed by atoms with van der Waals surface area (Å²) in [6.07, 6.45) is 0. The molecule has 0 aliphatic carbocycles. The quantitative estimate of drug-likeness (QED) is 0.800. The lowest BCUT2D eigenvalue weighted by molar-refractivity contribution is 0.0698. The van der Waals surface area contributed by atoms with E-state index in [1.165, 1.54) is 18.2 Å². The first kappa shape index (κ1) is 15.8. The molecule has 0 bridgehead atoms. The first-order chi connectivity index (χ1) is 9.90. The van der Waals surface area contributed by atoms with E-state index in [9.17, 15) is 9.59 Å². The van der Waals surface area contributed by atoms with Gasteiger partial charge in [-0.3, -0.25) is 4.79 Å². The molecular weight excluding hydrogens is 381 g/mol. The third-order valence-electron chi connectivity index (χ3n) is 2.66. The Morgan fingerprint density at radius 2 is 1.81 bits per heavy atom. The topological polar surface area (TPSA) is 66.4 Å². The maximum atomic E-state index is 12.2. The molecule has 2 aromatic rings. The van der Waals surface area contributed by atoms with Crippen LogP contribution in [0.2, 0.25) is 10.0 Å². The molecule has 0 radical (unpaired) electrons. The van der Waals surface area contributed by atoms with Gasteiger partial charge >= 0.3 is 5.97 Å². The summed E-state index contributed by atoms with van der Waals surface area (Å²) in [6.45, 7) is 0. The van der Waals surface area contributed by atoms with E-state index in [4.69, 9.17) is 28.3 Å². The number of hydrogen-bond donors (Lipinski definition) is 2. The summed E-state index contributed by atoms with van der Waals surface area (Å²) in [5.74, 6) is -1.70. The van der Waals surface area contributed by atoms with Crippen molar-refractivity contribution in [2.45, 2.75) is 0 Å². The van der Waals surface area contributed by atoms with Crippen molar-refractivity contribution in [3.05, 3.63) is 62.0 Å². The van der Waals surface area contributed by atoms with E-state index >= 15 is 0 Å². The van der Waals surface area contributed by atoms with Crippen molar-refractivity contribution in [3.8, 4) is 0 Å². The van der Waals surface area contributed by atoms with Gasteiger partial charge in [0, 0.05) is 9.50 Å². The fourth-order valence-electron chi connectivity index (χ4n) is 1.67. The molecule has 2 N–H and O–H groups in total. The number of carboxylic acids is 1. The largest absolute Gasteiger partial charge is 0.478 e. The summed E-state index contributed by atoms with van der Waals surface area (Å²) >= 11 is 15.0. The van der Waals surface area contributed by atoms with Gasteiger partial charge < -0.3 is 10.4 Å². The predicted molar refractivity (Wildman–Crippen MR) is 85.5 cm³/mol. The molecule has 21 heavy (non-hydrogen) atoms. The standard InChI is InChI=1S/C14H8BrCl2NO3/c15-10-3-1-2-8(12(10)17)13(19)18-11-5-4-7(16)6-9(11)14(20)21/h1-6H,(H,18,19)(H,20,21). The van der Waals surface area contributed by atoms with Gasteiger partial charge in [0.2, 0.25) is 0 Å². The SMILES string of the molecule is O=C(O)c1cc(Cl)ccc1NC(=O)c1cccc(Br)c1Cl. The number of halogens is 3. The van der Waals surface area contributed by atoms with Crippen LogP contribution in [0.3, 0.4) is 0 Å². The van der Waals surface area contributed by atoms with E-state index in [1.54, 1.807) is 18.2 Å². The van der Waals surface area contributed by atoms with Crippen molar-refractivity contribution >= 4 is 56.7 Å². The molecular formula is C14H8BrCl2NO3. The molecule has 0 aliphatic rings. The van der Waals surface area contributed by atoms with Gasteiger partial charge in [-0.15, -0.1) is 0 Å². The number of nitrogens with one attached hydrogen (secondary N) is 1. The fourth-order valence-corrected chi connectivity index (χ4v) is 2.42. The zero-order chi connectivity index (χ0) is 15.6. The summed E-state index contributed by atoms with van der Waals surface area (Å²) in [6, 6.07) is 9.08. The third kappa shape index (κ3) is 3.56. The summed E-state index contributed by atoms with van der Waals surface area (Å²) in [5.41, 5.74) is 0.284. The average molecular weight is 389 g/mol. The van der Waals surface area contributed by atoms with Gasteiger partial charge in [-0.25, -0.2) is 4.79 Å². The summed E-state index contributed by atoms with van der Waals surface area (Å²) in [7, 11) is 0. The van der Waals surface area contributed by atoms with Crippen LogP contribution >= 0.6 is 39.1 Å². The molecule has 0 aromatic heterocycles. The van der Waals surface area contributed by atoms with Crippen LogP contribution in [0.25, 0.3) is 0 Å². The van der Waals surface area contributed by atoms with Crippen molar-refractivity contribution in [2.75, 3.05) is 5.32 Å². The first-order valence-corrected chi connectivity index (χ1v) is 7.23. The highest BCUT2D eigenvalue weighted by Crippen LogP contribution is 2.27. The van der Waals surface area contributed by atoms with Crippen LogP contribution in [0, 0.1) is 0 Å². The first-order valence-electron chi connectivity index (χ1n) is 5.68. The average Bonchev–Trinajstić information content (AvgIpc) is 2.43. The van der Waals surface area contributed by atoms with E-state index in [2.05, 4.69) is 21.2 Å². The van der Waals surface area contributed by atoms with Gasteiger partial charge in [0.25, 0.3) is 5.91 Å². The van der Waals surface area contributed by atoms with Crippen molar-refractivity contribution in [3.63, 3.8) is 0 Å². The van der Waals surface area contributed by atoms with Crippen LogP contribution in [0.15, 0.2) is 40.9 Å². The Balaban J connectivity index is 2.36. The van der Waals surface area contributed by atoms with Crippen LogP contribution < -0.4 is 5.32 Å². The predicted octanol–water partition coefficient (Wildman–Crippen LogP) is 4.71. The van der Waals surface area contributed by atoms with E-state index in [0.29, 0.717) is 4.47 Å². The maximum absolute atomic E-state index is 12.2. The number of anilines is 1. The molecule has 2 rings (SSSR count). The molecule has 0 spiro atoms. The molecule has 0 atom stereocenters. The third-order valence-corrected chi connectivity index (χ3v) is 4.19. The van der Waals surface area contributed by atoms with E-state index < -0.39 is 11.9 Å². The maximum Gasteiger partial charge on any atom is 0.337 e. The Morgan fingerprint density at radius 1 is 1.10 bits per heavy atom. The Kier molecular flexibility index (Phi) is 4.88. The fraction of sp³-hybridized carbons (Fsp3) is 0. The lowest BCUT2D eigenvalue weighted by Crippen LogP contribution is -2.15. The Labute approximate surface area is 138 Å². The Hall–Kier alpha value is -1.56. The number of rotatable bonds is 3. The Morgan fingerprint density at radius 3 is 2.48 bits per heavy atom. The second-order valence-electron chi connectivity index (χ2n) is 4.05. The molecule has 0 saturated heterocycles. The summed E-state index contributed by atoms with van der Waals surface area (Å²) in [5, 5.41) is 12.2. The van der Waals surface area contributed by atoms with Crippen molar-refractivity contribution < 1.29 is 14.7 Å². The van der Waals surface area contributed by atoms with Crippen LogP contribution in [-0.4, -0.2) is 17.0 Å². The van der Waals surface area contributed by atoms with Gasteiger partial charge in [-0.05, 0) is 46.3 Å². The van der Waals surface area contributed by atoms with E-state index in [-0.39, 0.29) is 26.9 Å². The number of carbonyl (C=O) groups is 2. The highest BCUT2D eigenvalue weighted by atomic mass is 79.9. The van der Waals surface area contributed by atoms with Gasteiger partial charge in [0.05, 0.1) is 21.8 Å². The molecule has 4 nitrogen and oxygen atoms in total. The van der Waals surface area contributed by atoms with Crippen molar-refractivity contribution in [1.82, 2.24) is 0 Å². The minimum atomic E-state index is -1.19. The molecule has 2 aromatic carbocycles. The zero-order valence-corrected chi connectivity index (χ0v) is 13.5. The zero-order valence-electron chi connectivity index (χ0n) is 10.4. The molecule has 108 valence electrons. The van der Waals surface area contributed by atoms with E-state index in [1.807, 2.05) is 0 Å². The smallest absolute Gasteiger partial charge is 0.337 e. The number of carbonyl (C=O) groups excluding carboxylic acids is 1. The number of aromatic carboxylic acids is 1. The lowest BCUT2D eigenvalue weighted by atomic mass is 10.1. The van der Waals surface area contributed by atoms with Crippen molar-refractivity contribution in [2.24, 2.45) is 0 Å². The summed E-state index contributed by atoms with van der Waals surface area (Å²) in [4.78, 5) is 23.4. The summed E-state index contributed by atoms with van der Waals surface area (Å²) < 4.78 is 0.575. The van der Waals surface area contributed by atoms with Crippen LogP contribution in [0.4, 0.5) is 5.69 Å². The highest BCUT2D eigenvalue weighted by molar-refractivity contribution is 9.10. The van der Waals surface area contributed by atoms with Gasteiger partial charge in [-0.2, -0.15) is 0 Å². The van der Waals surface area contributed by atoms with E-state index in [0.717, 1.165) is 0 Å². The Bertz CT molecular complexity index is 734. The monoisotopic (exact) mass is 387 g/mol. The normalized spacial score (nSPS) is 10.2. The molecule has 0 heterocycles. The molecule has 0 saturated carbocycles. The van der Waals surface area contributed by atoms with Gasteiger partial charge in [0.1, 0.15) is 0 Å². The highest BCUT2D eigenvalue weighted by Gasteiger charge is 2.16. The minimum absolute atomic E-state index is 0.0954. The second-order valence-corrected chi connectivity index (χ2v) is 5.72. The van der Waals surface area contributed by atoms with Crippen molar-refractivity contribution in [1.29, 1.82) is 0 Å². The molecule has 7 heteroatoms. The minimum Gasteiger partial charge on any atom is -0.478 e.